The van der Waals surface area contributed by atoms with Gasteiger partial charge in [-0.25, -0.2) is 8.78 Å². The van der Waals surface area contributed by atoms with Crippen LogP contribution in [0.1, 0.15) is 22.8 Å². The van der Waals surface area contributed by atoms with Crippen molar-refractivity contribution in [1.82, 2.24) is 4.98 Å². The molecular formula is C21H19F2N3O. The van der Waals surface area contributed by atoms with Crippen LogP contribution in [0.15, 0.2) is 67.0 Å². The van der Waals surface area contributed by atoms with E-state index in [0.717, 1.165) is 23.4 Å². The largest absolute Gasteiger partial charge is 0.366 e. The lowest BCUT2D eigenvalue weighted by molar-refractivity contribution is 0.102. The van der Waals surface area contributed by atoms with E-state index in [0.29, 0.717) is 13.1 Å². The number of nitrogens with zero attached hydrogens (tertiary/aromatic N) is 2. The van der Waals surface area contributed by atoms with Gasteiger partial charge >= 0.3 is 0 Å². The molecule has 1 N–H and O–H groups in total. The number of carbonyl (C=O) groups is 1. The highest BCUT2D eigenvalue weighted by Crippen LogP contribution is 2.21. The van der Waals surface area contributed by atoms with E-state index in [2.05, 4.69) is 15.2 Å². The summed E-state index contributed by atoms with van der Waals surface area (Å²) in [5, 5.41) is 2.28. The molecule has 0 spiro atoms. The van der Waals surface area contributed by atoms with Crippen molar-refractivity contribution in [2.45, 2.75) is 13.5 Å². The number of pyridine rings is 1. The topological polar surface area (TPSA) is 45.2 Å². The van der Waals surface area contributed by atoms with Gasteiger partial charge in [-0.15, -0.1) is 0 Å². The predicted octanol–water partition coefficient (Wildman–Crippen LogP) is 4.64. The van der Waals surface area contributed by atoms with Gasteiger partial charge in [0.15, 0.2) is 0 Å². The Hall–Kier alpha value is -3.28. The van der Waals surface area contributed by atoms with Crippen molar-refractivity contribution in [3.05, 3.63) is 89.8 Å². The SMILES string of the molecule is CCN(Cc1ccccc1)c1cncc(C(=O)Nc2c(F)cccc2F)c1. The molecule has 0 fully saturated rings. The average molecular weight is 367 g/mol. The van der Waals surface area contributed by atoms with Gasteiger partial charge in [0.2, 0.25) is 0 Å². The van der Waals surface area contributed by atoms with Crippen molar-refractivity contribution in [2.75, 3.05) is 16.8 Å². The molecule has 6 heteroatoms. The zero-order valence-electron chi connectivity index (χ0n) is 14.8. The standard InChI is InChI=1S/C21H19F2N3O/c1-2-26(14-15-7-4-3-5-8-15)17-11-16(12-24-13-17)21(27)25-20-18(22)9-6-10-19(20)23/h3-13H,2,14H2,1H3,(H,25,27). The van der Waals surface area contributed by atoms with E-state index in [-0.39, 0.29) is 5.56 Å². The summed E-state index contributed by atoms with van der Waals surface area (Å²) in [5.74, 6) is -2.28. The molecule has 27 heavy (non-hydrogen) atoms. The number of rotatable bonds is 6. The van der Waals surface area contributed by atoms with Crippen LogP contribution in [0.25, 0.3) is 0 Å². The van der Waals surface area contributed by atoms with E-state index in [1.54, 1.807) is 12.3 Å². The molecule has 1 amide bonds. The maximum Gasteiger partial charge on any atom is 0.257 e. The van der Waals surface area contributed by atoms with E-state index in [1.165, 1.54) is 12.3 Å². The van der Waals surface area contributed by atoms with Crippen LogP contribution in [-0.4, -0.2) is 17.4 Å². The van der Waals surface area contributed by atoms with E-state index in [9.17, 15) is 13.6 Å². The Morgan fingerprint density at radius 3 is 2.41 bits per heavy atom. The number of para-hydroxylation sites is 1. The Balaban J connectivity index is 1.80. The molecule has 1 heterocycles. The minimum Gasteiger partial charge on any atom is -0.366 e. The fourth-order valence-electron chi connectivity index (χ4n) is 2.72. The molecule has 3 aromatic rings. The lowest BCUT2D eigenvalue weighted by Crippen LogP contribution is -2.23. The predicted molar refractivity (Wildman–Crippen MR) is 102 cm³/mol. The number of halogens is 2. The Bertz CT molecular complexity index is 911. The lowest BCUT2D eigenvalue weighted by atomic mass is 10.2. The van der Waals surface area contributed by atoms with Crippen LogP contribution >= 0.6 is 0 Å². The summed E-state index contributed by atoms with van der Waals surface area (Å²) < 4.78 is 27.5. The molecule has 2 aromatic carbocycles. The second kappa shape index (κ2) is 8.40. The lowest BCUT2D eigenvalue weighted by Gasteiger charge is -2.23. The number of carbonyl (C=O) groups excluding carboxylic acids is 1. The van der Waals surface area contributed by atoms with Crippen molar-refractivity contribution in [3.8, 4) is 0 Å². The number of amides is 1. The Kier molecular flexibility index (Phi) is 5.76. The Labute approximate surface area is 156 Å². The van der Waals surface area contributed by atoms with Crippen molar-refractivity contribution in [1.29, 1.82) is 0 Å². The molecule has 0 radical (unpaired) electrons. The highest BCUT2D eigenvalue weighted by Gasteiger charge is 2.15. The normalized spacial score (nSPS) is 10.5. The number of anilines is 2. The highest BCUT2D eigenvalue weighted by atomic mass is 19.1. The molecule has 0 saturated heterocycles. The van der Waals surface area contributed by atoms with E-state index < -0.39 is 23.2 Å². The maximum absolute atomic E-state index is 13.8. The molecule has 0 aliphatic rings. The summed E-state index contributed by atoms with van der Waals surface area (Å²) in [6.45, 7) is 3.38. The summed E-state index contributed by atoms with van der Waals surface area (Å²) in [5.41, 5.74) is 1.64. The summed E-state index contributed by atoms with van der Waals surface area (Å²) in [4.78, 5) is 18.6. The first-order chi connectivity index (χ1) is 13.1. The minimum absolute atomic E-state index is 0.224. The number of hydrogen-bond acceptors (Lipinski definition) is 3. The molecule has 3 rings (SSSR count). The number of aromatic nitrogens is 1. The monoisotopic (exact) mass is 367 g/mol. The average Bonchev–Trinajstić information content (AvgIpc) is 2.70. The second-order valence-corrected chi connectivity index (χ2v) is 5.98. The van der Waals surface area contributed by atoms with E-state index >= 15 is 0 Å². The van der Waals surface area contributed by atoms with Crippen molar-refractivity contribution in [3.63, 3.8) is 0 Å². The fourth-order valence-corrected chi connectivity index (χ4v) is 2.72. The first-order valence-electron chi connectivity index (χ1n) is 8.57. The van der Waals surface area contributed by atoms with Crippen LogP contribution < -0.4 is 10.2 Å². The van der Waals surface area contributed by atoms with Gasteiger partial charge in [0.1, 0.15) is 17.3 Å². The molecule has 0 unspecified atom stereocenters. The molecule has 0 atom stereocenters. The van der Waals surface area contributed by atoms with Crippen LogP contribution in [0.2, 0.25) is 0 Å². The molecule has 4 nitrogen and oxygen atoms in total. The molecule has 0 saturated carbocycles. The maximum atomic E-state index is 13.8. The molecule has 1 aromatic heterocycles. The summed E-state index contributed by atoms with van der Waals surface area (Å²) in [7, 11) is 0. The third-order valence-electron chi connectivity index (χ3n) is 4.15. The zero-order valence-corrected chi connectivity index (χ0v) is 14.8. The summed E-state index contributed by atoms with van der Waals surface area (Å²) >= 11 is 0. The van der Waals surface area contributed by atoms with Crippen molar-refractivity contribution in [2.24, 2.45) is 0 Å². The Morgan fingerprint density at radius 1 is 1.04 bits per heavy atom. The van der Waals surface area contributed by atoms with Gasteiger partial charge in [-0.3, -0.25) is 9.78 Å². The fraction of sp³-hybridized carbons (Fsp3) is 0.143. The van der Waals surface area contributed by atoms with Gasteiger partial charge in [-0.2, -0.15) is 0 Å². The number of benzene rings is 2. The molecule has 0 aliphatic heterocycles. The van der Waals surface area contributed by atoms with Crippen LogP contribution in [0.3, 0.4) is 0 Å². The van der Waals surface area contributed by atoms with Gasteiger partial charge < -0.3 is 10.2 Å². The summed E-state index contributed by atoms with van der Waals surface area (Å²) in [6.07, 6.45) is 3.03. The van der Waals surface area contributed by atoms with Crippen LogP contribution in [-0.2, 0) is 6.54 Å². The molecular weight excluding hydrogens is 348 g/mol. The van der Waals surface area contributed by atoms with Gasteiger partial charge in [-0.1, -0.05) is 36.4 Å². The second-order valence-electron chi connectivity index (χ2n) is 5.98. The van der Waals surface area contributed by atoms with Gasteiger partial charge in [0.05, 0.1) is 17.4 Å². The zero-order chi connectivity index (χ0) is 19.2. The van der Waals surface area contributed by atoms with Gasteiger partial charge in [0.25, 0.3) is 5.91 Å². The summed E-state index contributed by atoms with van der Waals surface area (Å²) in [6, 6.07) is 15.0. The molecule has 0 bridgehead atoms. The van der Waals surface area contributed by atoms with Gasteiger partial charge in [0, 0.05) is 19.3 Å². The molecule has 138 valence electrons. The first-order valence-corrected chi connectivity index (χ1v) is 8.57. The third-order valence-corrected chi connectivity index (χ3v) is 4.15. The minimum atomic E-state index is -0.827. The quantitative estimate of drug-likeness (QED) is 0.690. The third kappa shape index (κ3) is 4.47. The number of hydrogen-bond donors (Lipinski definition) is 1. The smallest absolute Gasteiger partial charge is 0.257 e. The first kappa shape index (κ1) is 18.5. The van der Waals surface area contributed by atoms with Crippen LogP contribution in [0.4, 0.5) is 20.2 Å². The van der Waals surface area contributed by atoms with Crippen molar-refractivity contribution >= 4 is 17.3 Å². The van der Waals surface area contributed by atoms with Crippen LogP contribution in [0, 0.1) is 11.6 Å². The van der Waals surface area contributed by atoms with E-state index in [4.69, 9.17) is 0 Å². The van der Waals surface area contributed by atoms with Crippen molar-refractivity contribution < 1.29 is 13.6 Å². The van der Waals surface area contributed by atoms with E-state index in [1.807, 2.05) is 37.3 Å². The highest BCUT2D eigenvalue weighted by molar-refractivity contribution is 6.04. The van der Waals surface area contributed by atoms with Gasteiger partial charge in [-0.05, 0) is 30.7 Å². The number of nitrogens with one attached hydrogen (secondary N) is 1. The Morgan fingerprint density at radius 2 is 1.74 bits per heavy atom. The van der Waals surface area contributed by atoms with Crippen LogP contribution in [0.5, 0.6) is 0 Å². The molecule has 0 aliphatic carbocycles.